The highest BCUT2D eigenvalue weighted by atomic mass is 19.1. The van der Waals surface area contributed by atoms with Crippen molar-refractivity contribution in [3.63, 3.8) is 0 Å². The molecule has 1 rings (SSSR count). The molecule has 0 aliphatic carbocycles. The van der Waals surface area contributed by atoms with Gasteiger partial charge in [-0.2, -0.15) is 4.39 Å². The van der Waals surface area contributed by atoms with Gasteiger partial charge < -0.3 is 10.2 Å². The Labute approximate surface area is 112 Å². The smallest absolute Gasteiger partial charge is 0.308 e. The molecule has 0 spiro atoms. The summed E-state index contributed by atoms with van der Waals surface area (Å²) in [7, 11) is 2.89. The average molecular weight is 287 g/mol. The molecular formula is C11H11F2N3O4. The van der Waals surface area contributed by atoms with E-state index in [1.54, 1.807) is 0 Å². The summed E-state index contributed by atoms with van der Waals surface area (Å²) in [4.78, 5) is 33.4. The fraction of sp³-hybridized carbons (Fsp3) is 0.273. The minimum Gasteiger partial charge on any atom is -0.347 e. The van der Waals surface area contributed by atoms with Crippen LogP contribution >= 0.6 is 0 Å². The lowest BCUT2D eigenvalue weighted by Gasteiger charge is -2.11. The van der Waals surface area contributed by atoms with E-state index >= 15 is 0 Å². The summed E-state index contributed by atoms with van der Waals surface area (Å²) in [5.74, 6) is -4.15. The maximum Gasteiger partial charge on any atom is 0.308 e. The Morgan fingerprint density at radius 3 is 2.45 bits per heavy atom. The minimum absolute atomic E-state index is 0.372. The Balaban J connectivity index is 2.99. The molecule has 0 heterocycles. The van der Waals surface area contributed by atoms with Crippen LogP contribution in [0.3, 0.4) is 0 Å². The molecule has 1 aromatic carbocycles. The molecule has 0 aliphatic heterocycles. The molecular weight excluding hydrogens is 276 g/mol. The quantitative estimate of drug-likeness (QED) is 0.651. The lowest BCUT2D eigenvalue weighted by Crippen LogP contribution is -2.36. The van der Waals surface area contributed by atoms with Gasteiger partial charge in [-0.25, -0.2) is 4.39 Å². The van der Waals surface area contributed by atoms with Crippen LogP contribution in [0.1, 0.15) is 10.4 Å². The summed E-state index contributed by atoms with van der Waals surface area (Å²) < 4.78 is 26.8. The molecule has 0 aromatic heterocycles. The number of hydrogen-bond donors (Lipinski definition) is 1. The first-order chi connectivity index (χ1) is 9.23. The average Bonchev–Trinajstić information content (AvgIpc) is 2.37. The number of likely N-dealkylation sites (N-methyl/N-ethyl adjacent to an activating group) is 1. The van der Waals surface area contributed by atoms with Gasteiger partial charge in [-0.1, -0.05) is 0 Å². The molecule has 0 aliphatic rings. The number of benzene rings is 1. The van der Waals surface area contributed by atoms with Gasteiger partial charge in [0.1, 0.15) is 5.82 Å². The van der Waals surface area contributed by atoms with E-state index in [0.29, 0.717) is 12.1 Å². The molecule has 1 aromatic rings. The predicted octanol–water partition coefficient (Wildman–Crippen LogP) is 0.691. The third kappa shape index (κ3) is 3.46. The third-order valence-corrected chi connectivity index (χ3v) is 2.36. The first-order valence-corrected chi connectivity index (χ1v) is 5.35. The number of carbonyl (C=O) groups excluding carboxylic acids is 2. The molecule has 0 bridgehead atoms. The van der Waals surface area contributed by atoms with Crippen molar-refractivity contribution in [3.05, 3.63) is 39.4 Å². The molecule has 1 N–H and O–H groups in total. The fourth-order valence-corrected chi connectivity index (χ4v) is 1.28. The normalized spacial score (nSPS) is 10.0. The third-order valence-electron chi connectivity index (χ3n) is 2.36. The highest BCUT2D eigenvalue weighted by Gasteiger charge is 2.24. The first kappa shape index (κ1) is 15.5. The second kappa shape index (κ2) is 6.04. The molecule has 108 valence electrons. The Kier molecular flexibility index (Phi) is 4.68. The van der Waals surface area contributed by atoms with Crippen LogP contribution in [0.2, 0.25) is 0 Å². The largest absolute Gasteiger partial charge is 0.347 e. The Morgan fingerprint density at radius 1 is 1.35 bits per heavy atom. The number of nitrogens with zero attached hydrogens (tertiary/aromatic N) is 2. The Morgan fingerprint density at radius 2 is 1.95 bits per heavy atom. The number of halogens is 2. The van der Waals surface area contributed by atoms with Crippen molar-refractivity contribution in [2.45, 2.75) is 0 Å². The van der Waals surface area contributed by atoms with Gasteiger partial charge in [0.05, 0.1) is 23.1 Å². The summed E-state index contributed by atoms with van der Waals surface area (Å²) in [5, 5.41) is 12.6. The number of nitro groups is 1. The Hall–Kier alpha value is -2.58. The van der Waals surface area contributed by atoms with Crippen LogP contribution in [0.15, 0.2) is 12.1 Å². The Bertz CT molecular complexity index is 575. The molecule has 20 heavy (non-hydrogen) atoms. The highest BCUT2D eigenvalue weighted by molar-refractivity contribution is 5.97. The van der Waals surface area contributed by atoms with Crippen LogP contribution in [0.4, 0.5) is 14.5 Å². The standard InChI is InChI=1S/C11H11F2N3O4/c1-15(2)9(17)5-14-11(18)7-3-6(12)4-8(10(7)13)16(19)20/h3-4H,5H2,1-2H3,(H,14,18). The van der Waals surface area contributed by atoms with E-state index in [2.05, 4.69) is 5.32 Å². The van der Waals surface area contributed by atoms with Gasteiger partial charge in [-0.15, -0.1) is 0 Å². The zero-order valence-electron chi connectivity index (χ0n) is 10.6. The molecule has 0 saturated carbocycles. The maximum atomic E-state index is 13.7. The van der Waals surface area contributed by atoms with Crippen LogP contribution in [0, 0.1) is 21.7 Å². The number of carbonyl (C=O) groups is 2. The van der Waals surface area contributed by atoms with Crippen molar-refractivity contribution in [3.8, 4) is 0 Å². The predicted molar refractivity (Wildman–Crippen MR) is 64.0 cm³/mol. The zero-order chi connectivity index (χ0) is 15.4. The van der Waals surface area contributed by atoms with E-state index in [9.17, 15) is 28.5 Å². The van der Waals surface area contributed by atoms with Gasteiger partial charge in [0.25, 0.3) is 5.91 Å². The van der Waals surface area contributed by atoms with E-state index in [4.69, 9.17) is 0 Å². The van der Waals surface area contributed by atoms with E-state index < -0.39 is 46.2 Å². The number of hydrogen-bond acceptors (Lipinski definition) is 4. The summed E-state index contributed by atoms with van der Waals surface area (Å²) in [6.07, 6.45) is 0. The fourth-order valence-electron chi connectivity index (χ4n) is 1.28. The first-order valence-electron chi connectivity index (χ1n) is 5.35. The van der Waals surface area contributed by atoms with Crippen molar-refractivity contribution >= 4 is 17.5 Å². The van der Waals surface area contributed by atoms with Gasteiger partial charge in [0, 0.05) is 14.1 Å². The molecule has 9 heteroatoms. The molecule has 0 atom stereocenters. The van der Waals surface area contributed by atoms with Crippen molar-refractivity contribution < 1.29 is 23.3 Å². The highest BCUT2D eigenvalue weighted by Crippen LogP contribution is 2.22. The van der Waals surface area contributed by atoms with Crippen LogP contribution < -0.4 is 5.32 Å². The van der Waals surface area contributed by atoms with E-state index in [0.717, 1.165) is 0 Å². The lowest BCUT2D eigenvalue weighted by atomic mass is 10.1. The van der Waals surface area contributed by atoms with Gasteiger partial charge in [-0.05, 0) is 6.07 Å². The number of amides is 2. The molecule has 0 saturated heterocycles. The molecule has 0 unspecified atom stereocenters. The molecule has 0 fully saturated rings. The minimum atomic E-state index is -1.45. The van der Waals surface area contributed by atoms with Crippen LogP contribution in [0.5, 0.6) is 0 Å². The monoisotopic (exact) mass is 287 g/mol. The van der Waals surface area contributed by atoms with E-state index in [1.807, 2.05) is 0 Å². The van der Waals surface area contributed by atoms with E-state index in [-0.39, 0.29) is 0 Å². The van der Waals surface area contributed by atoms with Gasteiger partial charge in [0.15, 0.2) is 0 Å². The summed E-state index contributed by atoms with van der Waals surface area (Å²) >= 11 is 0. The summed E-state index contributed by atoms with van der Waals surface area (Å²) in [5.41, 5.74) is -1.97. The van der Waals surface area contributed by atoms with Crippen molar-refractivity contribution in [1.29, 1.82) is 0 Å². The van der Waals surface area contributed by atoms with Gasteiger partial charge >= 0.3 is 5.69 Å². The van der Waals surface area contributed by atoms with Crippen molar-refractivity contribution in [2.75, 3.05) is 20.6 Å². The summed E-state index contributed by atoms with van der Waals surface area (Å²) in [6.45, 7) is -0.435. The topological polar surface area (TPSA) is 92.6 Å². The van der Waals surface area contributed by atoms with Crippen molar-refractivity contribution in [1.82, 2.24) is 10.2 Å². The van der Waals surface area contributed by atoms with Crippen LogP contribution in [-0.2, 0) is 4.79 Å². The van der Waals surface area contributed by atoms with Crippen LogP contribution in [0.25, 0.3) is 0 Å². The summed E-state index contributed by atoms with van der Waals surface area (Å²) in [6, 6.07) is 0.898. The lowest BCUT2D eigenvalue weighted by molar-refractivity contribution is -0.387. The number of nitrogens with one attached hydrogen (secondary N) is 1. The second-order valence-electron chi connectivity index (χ2n) is 4.01. The molecule has 7 nitrogen and oxygen atoms in total. The maximum absolute atomic E-state index is 13.7. The second-order valence-corrected chi connectivity index (χ2v) is 4.01. The zero-order valence-corrected chi connectivity index (χ0v) is 10.6. The number of rotatable bonds is 4. The SMILES string of the molecule is CN(C)C(=O)CNC(=O)c1cc(F)cc([N+](=O)[O-])c1F. The van der Waals surface area contributed by atoms with Gasteiger partial charge in [0.2, 0.25) is 11.7 Å². The number of nitro benzene ring substituents is 1. The van der Waals surface area contributed by atoms with Crippen LogP contribution in [-0.4, -0.2) is 42.3 Å². The van der Waals surface area contributed by atoms with Gasteiger partial charge in [-0.3, -0.25) is 19.7 Å². The molecule has 2 amide bonds. The van der Waals surface area contributed by atoms with Crippen molar-refractivity contribution in [2.24, 2.45) is 0 Å². The van der Waals surface area contributed by atoms with E-state index in [1.165, 1.54) is 19.0 Å². The molecule has 0 radical (unpaired) electrons.